The molecule has 8 heteroatoms. The fourth-order valence-corrected chi connectivity index (χ4v) is 3.41. The zero-order valence-corrected chi connectivity index (χ0v) is 13.2. The molecule has 2 rings (SSSR count). The number of furan rings is 1. The second-order valence-corrected chi connectivity index (χ2v) is 6.74. The van der Waals surface area contributed by atoms with E-state index in [1.54, 1.807) is 12.1 Å². The van der Waals surface area contributed by atoms with Gasteiger partial charge in [0.15, 0.2) is 4.34 Å². The van der Waals surface area contributed by atoms with Gasteiger partial charge in [-0.05, 0) is 19.1 Å². The van der Waals surface area contributed by atoms with Gasteiger partial charge in [0.2, 0.25) is 10.9 Å². The number of methoxy groups -OCH3 is 1. The summed E-state index contributed by atoms with van der Waals surface area (Å²) in [4.78, 5) is 13.2. The van der Waals surface area contributed by atoms with E-state index in [2.05, 4.69) is 14.9 Å². The third kappa shape index (κ3) is 3.31. The van der Waals surface area contributed by atoms with Gasteiger partial charge >= 0.3 is 5.97 Å². The van der Waals surface area contributed by atoms with Crippen molar-refractivity contribution in [1.29, 1.82) is 0 Å². The molecule has 2 aromatic rings. The Morgan fingerprint density at radius 2 is 2.20 bits per heavy atom. The molecule has 20 heavy (non-hydrogen) atoms. The number of ether oxygens (including phenoxy) is 1. The van der Waals surface area contributed by atoms with Crippen LogP contribution in [-0.2, 0) is 4.74 Å². The number of rotatable bonds is 5. The molecule has 0 spiro atoms. The standard InChI is InChI=1S/C12H15N3O3S2/c1-7(8-5-6-9(18-8)10(16)17-4)19-12-14-13-11(20-12)15(2)3/h5-7H,1-4H3. The Bertz CT molecular complexity index is 594. The summed E-state index contributed by atoms with van der Waals surface area (Å²) in [7, 11) is 5.17. The van der Waals surface area contributed by atoms with Crippen molar-refractivity contribution in [3.8, 4) is 0 Å². The molecule has 0 radical (unpaired) electrons. The predicted octanol–water partition coefficient (Wildman–Crippen LogP) is 2.84. The van der Waals surface area contributed by atoms with Gasteiger partial charge in [-0.1, -0.05) is 23.1 Å². The number of aromatic nitrogens is 2. The lowest BCUT2D eigenvalue weighted by Gasteiger charge is -2.05. The zero-order valence-electron chi connectivity index (χ0n) is 11.6. The van der Waals surface area contributed by atoms with Gasteiger partial charge < -0.3 is 14.1 Å². The molecule has 2 heterocycles. The topological polar surface area (TPSA) is 68.5 Å². The number of nitrogens with zero attached hydrogens (tertiary/aromatic N) is 3. The van der Waals surface area contributed by atoms with Gasteiger partial charge in [0.25, 0.3) is 0 Å². The molecular formula is C12H15N3O3S2. The summed E-state index contributed by atoms with van der Waals surface area (Å²) in [5, 5.41) is 9.09. The minimum atomic E-state index is -0.473. The molecule has 0 fully saturated rings. The lowest BCUT2D eigenvalue weighted by molar-refractivity contribution is 0.0563. The van der Waals surface area contributed by atoms with Crippen molar-refractivity contribution in [3.05, 3.63) is 23.7 Å². The molecule has 0 saturated carbocycles. The maximum Gasteiger partial charge on any atom is 0.373 e. The smallest absolute Gasteiger partial charge is 0.373 e. The number of esters is 1. The highest BCUT2D eigenvalue weighted by atomic mass is 32.2. The molecule has 0 bridgehead atoms. The van der Waals surface area contributed by atoms with Crippen LogP contribution in [0.4, 0.5) is 5.13 Å². The highest BCUT2D eigenvalue weighted by molar-refractivity contribution is 8.01. The quantitative estimate of drug-likeness (QED) is 0.621. The van der Waals surface area contributed by atoms with Crippen molar-refractivity contribution in [2.75, 3.05) is 26.1 Å². The number of anilines is 1. The molecule has 0 aliphatic heterocycles. The van der Waals surface area contributed by atoms with Crippen molar-refractivity contribution in [2.45, 2.75) is 16.5 Å². The summed E-state index contributed by atoms with van der Waals surface area (Å²) >= 11 is 3.05. The minimum Gasteiger partial charge on any atom is -0.463 e. The molecule has 1 atom stereocenters. The van der Waals surface area contributed by atoms with Crippen LogP contribution in [0, 0.1) is 0 Å². The van der Waals surface area contributed by atoms with Crippen LogP contribution in [0.1, 0.15) is 28.5 Å². The Labute approximate surface area is 125 Å². The molecule has 2 aromatic heterocycles. The number of carbonyl (C=O) groups excluding carboxylic acids is 1. The first-order valence-electron chi connectivity index (χ1n) is 5.86. The highest BCUT2D eigenvalue weighted by Gasteiger charge is 2.18. The van der Waals surface area contributed by atoms with Crippen molar-refractivity contribution >= 4 is 34.2 Å². The summed E-state index contributed by atoms with van der Waals surface area (Å²) in [5.41, 5.74) is 0. The van der Waals surface area contributed by atoms with E-state index in [1.807, 2.05) is 25.9 Å². The fourth-order valence-electron chi connectivity index (χ4n) is 1.42. The van der Waals surface area contributed by atoms with E-state index in [0.29, 0.717) is 5.76 Å². The van der Waals surface area contributed by atoms with Crippen LogP contribution in [-0.4, -0.2) is 37.4 Å². The van der Waals surface area contributed by atoms with Crippen molar-refractivity contribution in [2.24, 2.45) is 0 Å². The van der Waals surface area contributed by atoms with Crippen molar-refractivity contribution in [3.63, 3.8) is 0 Å². The van der Waals surface area contributed by atoms with E-state index in [4.69, 9.17) is 4.42 Å². The Balaban J connectivity index is 2.05. The van der Waals surface area contributed by atoms with Gasteiger partial charge in [0.05, 0.1) is 12.4 Å². The van der Waals surface area contributed by atoms with Gasteiger partial charge in [-0.25, -0.2) is 4.79 Å². The summed E-state index contributed by atoms with van der Waals surface area (Å²) in [5.74, 6) is 0.442. The van der Waals surface area contributed by atoms with Crippen molar-refractivity contribution in [1.82, 2.24) is 10.2 Å². The van der Waals surface area contributed by atoms with E-state index >= 15 is 0 Å². The normalized spacial score (nSPS) is 12.2. The minimum absolute atomic E-state index is 0.0383. The van der Waals surface area contributed by atoms with Gasteiger partial charge in [0.1, 0.15) is 5.76 Å². The average molecular weight is 313 g/mol. The summed E-state index contributed by atoms with van der Waals surface area (Å²) in [6.07, 6.45) is 0. The van der Waals surface area contributed by atoms with Gasteiger partial charge in [0, 0.05) is 14.1 Å². The fraction of sp³-hybridized carbons (Fsp3) is 0.417. The second-order valence-electron chi connectivity index (χ2n) is 4.20. The third-order valence-corrected chi connectivity index (χ3v) is 4.76. The molecule has 0 N–H and O–H groups in total. The lowest BCUT2D eigenvalue weighted by atomic mass is 10.3. The molecular weight excluding hydrogens is 298 g/mol. The monoisotopic (exact) mass is 313 g/mol. The van der Waals surface area contributed by atoms with Crippen molar-refractivity contribution < 1.29 is 13.9 Å². The average Bonchev–Trinajstić information content (AvgIpc) is 3.06. The molecule has 0 aliphatic carbocycles. The van der Waals surface area contributed by atoms with Crippen LogP contribution >= 0.6 is 23.1 Å². The Morgan fingerprint density at radius 1 is 1.45 bits per heavy atom. The van der Waals surface area contributed by atoms with Gasteiger partial charge in [-0.3, -0.25) is 0 Å². The maximum absolute atomic E-state index is 11.3. The number of hydrogen-bond acceptors (Lipinski definition) is 8. The number of carbonyl (C=O) groups is 1. The van der Waals surface area contributed by atoms with Crippen LogP contribution in [0.25, 0.3) is 0 Å². The molecule has 1 unspecified atom stereocenters. The van der Waals surface area contributed by atoms with E-state index in [9.17, 15) is 4.79 Å². The van der Waals surface area contributed by atoms with Crippen LogP contribution in [0.3, 0.4) is 0 Å². The third-order valence-electron chi connectivity index (χ3n) is 2.47. The first-order valence-corrected chi connectivity index (χ1v) is 7.56. The van der Waals surface area contributed by atoms with Crippen LogP contribution in [0.5, 0.6) is 0 Å². The Hall–Kier alpha value is -1.54. The molecule has 0 aromatic carbocycles. The maximum atomic E-state index is 11.3. The lowest BCUT2D eigenvalue weighted by Crippen LogP contribution is -2.07. The van der Waals surface area contributed by atoms with Crippen LogP contribution < -0.4 is 4.90 Å². The SMILES string of the molecule is COC(=O)c1ccc(C(C)Sc2nnc(N(C)C)s2)o1. The van der Waals surface area contributed by atoms with E-state index in [0.717, 1.165) is 9.47 Å². The largest absolute Gasteiger partial charge is 0.463 e. The van der Waals surface area contributed by atoms with Gasteiger partial charge in [-0.2, -0.15) is 0 Å². The molecule has 0 saturated heterocycles. The Morgan fingerprint density at radius 3 is 2.80 bits per heavy atom. The van der Waals surface area contributed by atoms with E-state index in [1.165, 1.54) is 30.2 Å². The highest BCUT2D eigenvalue weighted by Crippen LogP contribution is 2.38. The number of thioether (sulfide) groups is 1. The van der Waals surface area contributed by atoms with E-state index in [-0.39, 0.29) is 11.0 Å². The van der Waals surface area contributed by atoms with Crippen LogP contribution in [0.2, 0.25) is 0 Å². The molecule has 6 nitrogen and oxygen atoms in total. The molecule has 0 amide bonds. The summed E-state index contributed by atoms with van der Waals surface area (Å²) < 4.78 is 10.9. The summed E-state index contributed by atoms with van der Waals surface area (Å²) in [6, 6.07) is 3.39. The molecule has 0 aliphatic rings. The van der Waals surface area contributed by atoms with Gasteiger partial charge in [-0.15, -0.1) is 10.2 Å². The number of hydrogen-bond donors (Lipinski definition) is 0. The zero-order chi connectivity index (χ0) is 14.7. The second kappa shape index (κ2) is 6.27. The molecule has 108 valence electrons. The Kier molecular flexibility index (Phi) is 4.66. The van der Waals surface area contributed by atoms with Crippen LogP contribution in [0.15, 0.2) is 20.9 Å². The first-order chi connectivity index (χ1) is 9.51. The summed E-state index contributed by atoms with van der Waals surface area (Å²) in [6.45, 7) is 1.99. The predicted molar refractivity (Wildman–Crippen MR) is 78.6 cm³/mol. The van der Waals surface area contributed by atoms with E-state index < -0.39 is 5.97 Å². The first kappa shape index (κ1) is 14.9.